The van der Waals surface area contributed by atoms with Crippen molar-refractivity contribution in [3.63, 3.8) is 0 Å². The van der Waals surface area contributed by atoms with Gasteiger partial charge in [-0.15, -0.1) is 0 Å². The molecule has 1 N–H and O–H groups in total. The number of aliphatic hydroxyl groups excluding tert-OH is 1. The van der Waals surface area contributed by atoms with E-state index in [1.165, 1.54) is 0 Å². The lowest BCUT2D eigenvalue weighted by atomic mass is 9.87. The molecule has 76 valence electrons. The van der Waals surface area contributed by atoms with Crippen molar-refractivity contribution < 1.29 is 22.7 Å². The Bertz CT molecular complexity index is 286. The Balaban J connectivity index is 2.60. The molecule has 0 aromatic heterocycles. The highest BCUT2D eigenvalue weighted by molar-refractivity contribution is 7.93. The molecular formula is C7H11FO4S. The van der Waals surface area contributed by atoms with E-state index in [4.69, 9.17) is 5.11 Å². The van der Waals surface area contributed by atoms with Crippen LogP contribution in [0.3, 0.4) is 0 Å². The fourth-order valence-corrected chi connectivity index (χ4v) is 3.63. The predicted molar refractivity (Wildman–Crippen MR) is 43.7 cm³/mol. The summed E-state index contributed by atoms with van der Waals surface area (Å²) in [7, 11) is -3.12. The fraction of sp³-hybridized carbons (Fsp3) is 0.857. The molecule has 1 fully saturated rings. The summed E-state index contributed by atoms with van der Waals surface area (Å²) in [6.45, 7) is -0.949. The second-order valence-corrected chi connectivity index (χ2v) is 5.59. The molecule has 1 unspecified atom stereocenters. The standard InChI is InChI=1S/C7H11FO4S/c8-2-6(10)1-7(3-9)4-13(11,12)5-7/h3,6,10H,1-2,4-5H2. The second-order valence-electron chi connectivity index (χ2n) is 3.52. The monoisotopic (exact) mass is 210 g/mol. The van der Waals surface area contributed by atoms with Gasteiger partial charge < -0.3 is 9.90 Å². The molecule has 1 saturated heterocycles. The van der Waals surface area contributed by atoms with Crippen LogP contribution in [-0.2, 0) is 14.6 Å². The highest BCUT2D eigenvalue weighted by atomic mass is 32.2. The molecule has 6 heteroatoms. The largest absolute Gasteiger partial charge is 0.390 e. The molecule has 0 saturated carbocycles. The minimum absolute atomic E-state index is 0.105. The quantitative estimate of drug-likeness (QED) is 0.624. The van der Waals surface area contributed by atoms with E-state index in [0.29, 0.717) is 6.29 Å². The van der Waals surface area contributed by atoms with E-state index in [2.05, 4.69) is 0 Å². The topological polar surface area (TPSA) is 71.4 Å². The van der Waals surface area contributed by atoms with Gasteiger partial charge in [0, 0.05) is 0 Å². The fourth-order valence-electron chi connectivity index (χ4n) is 1.59. The number of alkyl halides is 1. The van der Waals surface area contributed by atoms with Crippen LogP contribution in [0.1, 0.15) is 6.42 Å². The Labute approximate surface area is 75.7 Å². The van der Waals surface area contributed by atoms with E-state index in [9.17, 15) is 17.6 Å². The molecular weight excluding hydrogens is 199 g/mol. The average Bonchev–Trinajstić information content (AvgIpc) is 2.00. The van der Waals surface area contributed by atoms with E-state index < -0.39 is 28.0 Å². The Morgan fingerprint density at radius 1 is 1.54 bits per heavy atom. The zero-order chi connectivity index (χ0) is 10.1. The van der Waals surface area contributed by atoms with Crippen molar-refractivity contribution in [2.75, 3.05) is 18.2 Å². The maximum absolute atomic E-state index is 11.9. The van der Waals surface area contributed by atoms with Crippen LogP contribution in [0.2, 0.25) is 0 Å². The summed E-state index contributed by atoms with van der Waals surface area (Å²) in [4.78, 5) is 10.6. The molecule has 1 rings (SSSR count). The van der Waals surface area contributed by atoms with Gasteiger partial charge in [0.15, 0.2) is 9.84 Å². The van der Waals surface area contributed by atoms with Gasteiger partial charge in [-0.3, -0.25) is 0 Å². The summed E-state index contributed by atoms with van der Waals surface area (Å²) in [6, 6.07) is 0. The highest BCUT2D eigenvalue weighted by Crippen LogP contribution is 2.35. The van der Waals surface area contributed by atoms with E-state index in [1.54, 1.807) is 0 Å². The molecule has 0 bridgehead atoms. The van der Waals surface area contributed by atoms with Crippen molar-refractivity contribution in [1.82, 2.24) is 0 Å². The van der Waals surface area contributed by atoms with Crippen molar-refractivity contribution in [1.29, 1.82) is 0 Å². The number of hydrogen-bond donors (Lipinski definition) is 1. The number of carbonyl (C=O) groups is 1. The lowest BCUT2D eigenvalue weighted by molar-refractivity contribution is -0.116. The van der Waals surface area contributed by atoms with Gasteiger partial charge in [-0.2, -0.15) is 0 Å². The Kier molecular flexibility index (Phi) is 2.72. The number of carbonyl (C=O) groups excluding carboxylic acids is 1. The molecule has 13 heavy (non-hydrogen) atoms. The lowest BCUT2D eigenvalue weighted by Crippen LogP contribution is -2.51. The SMILES string of the molecule is O=CC1(CC(O)CF)CS(=O)(=O)C1. The first-order chi connectivity index (χ1) is 5.93. The molecule has 0 aromatic rings. The van der Waals surface area contributed by atoms with Crippen LogP contribution < -0.4 is 0 Å². The van der Waals surface area contributed by atoms with Gasteiger partial charge in [-0.05, 0) is 6.42 Å². The molecule has 1 aliphatic heterocycles. The van der Waals surface area contributed by atoms with Gasteiger partial charge in [0.2, 0.25) is 0 Å². The molecule has 0 spiro atoms. The molecule has 0 amide bonds. The summed E-state index contributed by atoms with van der Waals surface area (Å²) in [5.74, 6) is -0.527. The first kappa shape index (κ1) is 10.6. The number of sulfone groups is 1. The average molecular weight is 210 g/mol. The van der Waals surface area contributed by atoms with Crippen molar-refractivity contribution in [3.8, 4) is 0 Å². The normalized spacial score (nSPS) is 26.0. The van der Waals surface area contributed by atoms with E-state index >= 15 is 0 Å². The molecule has 0 aliphatic carbocycles. The van der Waals surface area contributed by atoms with E-state index in [1.807, 2.05) is 0 Å². The minimum Gasteiger partial charge on any atom is -0.390 e. The summed E-state index contributed by atoms with van der Waals surface area (Å²) < 4.78 is 33.5. The van der Waals surface area contributed by atoms with Gasteiger partial charge in [0.25, 0.3) is 0 Å². The Morgan fingerprint density at radius 2 is 2.08 bits per heavy atom. The molecule has 0 aromatic carbocycles. The van der Waals surface area contributed by atoms with Crippen LogP contribution >= 0.6 is 0 Å². The molecule has 0 radical (unpaired) electrons. The summed E-state index contributed by atoms with van der Waals surface area (Å²) >= 11 is 0. The van der Waals surface area contributed by atoms with Crippen molar-refractivity contribution in [3.05, 3.63) is 0 Å². The zero-order valence-corrected chi connectivity index (χ0v) is 7.76. The van der Waals surface area contributed by atoms with Crippen LogP contribution in [0.4, 0.5) is 4.39 Å². The summed E-state index contributed by atoms with van der Waals surface area (Å²) in [5.41, 5.74) is -1.04. The van der Waals surface area contributed by atoms with E-state index in [-0.39, 0.29) is 17.9 Å². The Hall–Kier alpha value is -0.490. The third kappa shape index (κ3) is 2.25. The van der Waals surface area contributed by atoms with Crippen molar-refractivity contribution in [2.24, 2.45) is 5.41 Å². The number of aldehydes is 1. The van der Waals surface area contributed by atoms with Gasteiger partial charge in [-0.25, -0.2) is 12.8 Å². The van der Waals surface area contributed by atoms with Gasteiger partial charge in [0.05, 0.1) is 23.0 Å². The van der Waals surface area contributed by atoms with Crippen LogP contribution in [-0.4, -0.2) is 44.1 Å². The summed E-state index contributed by atoms with van der Waals surface area (Å²) in [5, 5.41) is 8.93. The maximum atomic E-state index is 11.9. The number of rotatable bonds is 4. The first-order valence-corrected chi connectivity index (χ1v) is 5.66. The van der Waals surface area contributed by atoms with Gasteiger partial charge >= 0.3 is 0 Å². The zero-order valence-electron chi connectivity index (χ0n) is 6.94. The lowest BCUT2D eigenvalue weighted by Gasteiger charge is -2.36. The summed E-state index contributed by atoms with van der Waals surface area (Å²) in [6.07, 6.45) is -0.834. The molecule has 1 atom stereocenters. The van der Waals surface area contributed by atoms with E-state index in [0.717, 1.165) is 0 Å². The third-order valence-corrected chi connectivity index (χ3v) is 4.11. The van der Waals surface area contributed by atoms with Crippen LogP contribution in [0.5, 0.6) is 0 Å². The number of aliphatic hydroxyl groups is 1. The number of hydrogen-bond acceptors (Lipinski definition) is 4. The first-order valence-electron chi connectivity index (χ1n) is 3.84. The van der Waals surface area contributed by atoms with Crippen LogP contribution in [0.15, 0.2) is 0 Å². The molecule has 1 heterocycles. The van der Waals surface area contributed by atoms with Crippen LogP contribution in [0.25, 0.3) is 0 Å². The second kappa shape index (κ2) is 3.34. The minimum atomic E-state index is -3.12. The highest BCUT2D eigenvalue weighted by Gasteiger charge is 2.49. The van der Waals surface area contributed by atoms with Crippen LogP contribution in [0, 0.1) is 5.41 Å². The smallest absolute Gasteiger partial charge is 0.152 e. The maximum Gasteiger partial charge on any atom is 0.152 e. The van der Waals surface area contributed by atoms with Crippen molar-refractivity contribution >= 4 is 16.1 Å². The third-order valence-electron chi connectivity index (χ3n) is 2.09. The van der Waals surface area contributed by atoms with Crippen molar-refractivity contribution in [2.45, 2.75) is 12.5 Å². The molecule has 4 nitrogen and oxygen atoms in total. The van der Waals surface area contributed by atoms with Gasteiger partial charge in [-0.1, -0.05) is 0 Å². The predicted octanol–water partition coefficient (Wildman–Crippen LogP) is -0.679. The number of halogens is 1. The molecule has 1 aliphatic rings. The Morgan fingerprint density at radius 3 is 2.38 bits per heavy atom. The van der Waals surface area contributed by atoms with Gasteiger partial charge in [0.1, 0.15) is 13.0 Å².